The van der Waals surface area contributed by atoms with E-state index in [1.54, 1.807) is 38.3 Å². The summed E-state index contributed by atoms with van der Waals surface area (Å²) in [6.45, 7) is 6.81. The van der Waals surface area contributed by atoms with E-state index in [9.17, 15) is 33.9 Å². The number of benzene rings is 1. The Labute approximate surface area is 330 Å². The SMILES string of the molecule is CC[C@@]1(O)C(=O)OCc2c1cc1n(c2=O)Cc2c-1nc1cc3c(cc1c2C12CC(NC(=O)[C@H](C)NC(=O)[C@@H](NC(=O)CSC[C@H](N)C(=O)O)C(C)C)(C1)C2)OCO3. The maximum atomic E-state index is 14.0. The van der Waals surface area contributed by atoms with Gasteiger partial charge in [0.1, 0.15) is 24.7 Å². The number of ether oxygens (including phenoxy) is 3. The van der Waals surface area contributed by atoms with Gasteiger partial charge in [-0.1, -0.05) is 20.8 Å². The molecule has 6 aliphatic rings. The highest BCUT2D eigenvalue weighted by molar-refractivity contribution is 8.00. The molecule has 0 radical (unpaired) electrons. The number of carbonyl (C=O) groups excluding carboxylic acids is 4. The molecule has 1 aromatic carbocycles. The van der Waals surface area contributed by atoms with Gasteiger partial charge in [0.2, 0.25) is 24.5 Å². The third-order valence-corrected chi connectivity index (χ3v) is 13.1. The first-order valence-corrected chi connectivity index (χ1v) is 20.1. The monoisotopic (exact) mass is 804 g/mol. The van der Waals surface area contributed by atoms with Gasteiger partial charge in [0, 0.05) is 39.3 Å². The molecule has 2 aromatic heterocycles. The molecule has 0 spiro atoms. The Bertz CT molecular complexity index is 2330. The molecule has 3 aliphatic heterocycles. The minimum atomic E-state index is -1.96. The van der Waals surface area contributed by atoms with E-state index in [1.165, 1.54) is 0 Å². The van der Waals surface area contributed by atoms with Crippen LogP contribution in [-0.2, 0) is 52.9 Å². The number of cyclic esters (lactones) is 1. The average Bonchev–Trinajstić information content (AvgIpc) is 3.75. The van der Waals surface area contributed by atoms with Crippen LogP contribution in [0.2, 0.25) is 0 Å². The van der Waals surface area contributed by atoms with Crippen LogP contribution >= 0.6 is 11.8 Å². The van der Waals surface area contributed by atoms with Crippen LogP contribution in [0.25, 0.3) is 22.3 Å². The molecule has 0 unspecified atom stereocenters. The molecule has 9 rings (SSSR count). The summed E-state index contributed by atoms with van der Waals surface area (Å²) in [6.07, 6.45) is 1.81. The van der Waals surface area contributed by atoms with Crippen LogP contribution in [0.1, 0.15) is 75.6 Å². The summed E-state index contributed by atoms with van der Waals surface area (Å²) in [5, 5.41) is 29.8. The van der Waals surface area contributed by atoms with Gasteiger partial charge in [0.05, 0.1) is 34.8 Å². The van der Waals surface area contributed by atoms with Crippen molar-refractivity contribution in [1.29, 1.82) is 0 Å². The van der Waals surface area contributed by atoms with Crippen LogP contribution in [0.5, 0.6) is 11.5 Å². The number of rotatable bonds is 13. The van der Waals surface area contributed by atoms with Crippen molar-refractivity contribution < 1.29 is 48.4 Å². The highest BCUT2D eigenvalue weighted by Gasteiger charge is 2.70. The number of hydrogen-bond acceptors (Lipinski definition) is 13. The quantitative estimate of drug-likeness (QED) is 0.103. The smallest absolute Gasteiger partial charge is 0.343 e. The highest BCUT2D eigenvalue weighted by Crippen LogP contribution is 2.70. The van der Waals surface area contributed by atoms with Gasteiger partial charge in [-0.2, -0.15) is 0 Å². The van der Waals surface area contributed by atoms with E-state index in [0.717, 1.165) is 28.3 Å². The fourth-order valence-electron chi connectivity index (χ4n) is 9.10. The van der Waals surface area contributed by atoms with Crippen molar-refractivity contribution in [2.24, 2.45) is 11.7 Å². The van der Waals surface area contributed by atoms with E-state index in [-0.39, 0.29) is 71.8 Å². The molecule has 302 valence electrons. The summed E-state index contributed by atoms with van der Waals surface area (Å²) in [5.41, 5.74) is 6.28. The molecule has 3 aromatic rings. The zero-order chi connectivity index (χ0) is 40.8. The van der Waals surface area contributed by atoms with Crippen molar-refractivity contribution >= 4 is 52.3 Å². The molecule has 57 heavy (non-hydrogen) atoms. The van der Waals surface area contributed by atoms with Gasteiger partial charge in [0.25, 0.3) is 5.56 Å². The molecule has 4 atom stereocenters. The summed E-state index contributed by atoms with van der Waals surface area (Å²) in [4.78, 5) is 82.2. The molecule has 3 fully saturated rings. The predicted octanol–water partition coefficient (Wildman–Crippen LogP) is 0.889. The Morgan fingerprint density at radius 1 is 1.00 bits per heavy atom. The zero-order valence-corrected chi connectivity index (χ0v) is 32.7. The minimum absolute atomic E-state index is 0.0231. The van der Waals surface area contributed by atoms with Gasteiger partial charge in [-0.05, 0) is 56.2 Å². The summed E-state index contributed by atoms with van der Waals surface area (Å²) < 4.78 is 18.3. The molecule has 5 heterocycles. The number of esters is 1. The van der Waals surface area contributed by atoms with Gasteiger partial charge in [-0.3, -0.25) is 24.0 Å². The van der Waals surface area contributed by atoms with Gasteiger partial charge < -0.3 is 50.7 Å². The second-order valence-electron chi connectivity index (χ2n) is 16.2. The van der Waals surface area contributed by atoms with Gasteiger partial charge >= 0.3 is 11.9 Å². The molecular weight excluding hydrogens is 761 g/mol. The molecule has 18 heteroatoms. The number of nitrogens with two attached hydrogens (primary N) is 1. The van der Waals surface area contributed by atoms with E-state index in [4.69, 9.17) is 30.0 Å². The van der Waals surface area contributed by atoms with Crippen molar-refractivity contribution in [3.63, 3.8) is 0 Å². The first-order valence-electron chi connectivity index (χ1n) is 18.9. The predicted molar refractivity (Wildman–Crippen MR) is 204 cm³/mol. The van der Waals surface area contributed by atoms with Crippen LogP contribution in [0, 0.1) is 5.92 Å². The molecule has 3 aliphatic carbocycles. The lowest BCUT2D eigenvalue weighted by atomic mass is 9.37. The molecule has 2 bridgehead atoms. The molecule has 3 amide bonds. The number of carboxylic acid groups (broad SMARTS) is 1. The van der Waals surface area contributed by atoms with E-state index >= 15 is 0 Å². The number of carboxylic acids is 1. The van der Waals surface area contributed by atoms with E-state index < -0.39 is 53.0 Å². The normalized spacial score (nSPS) is 24.9. The van der Waals surface area contributed by atoms with E-state index in [1.807, 2.05) is 12.1 Å². The summed E-state index contributed by atoms with van der Waals surface area (Å²) in [7, 11) is 0. The Morgan fingerprint density at radius 2 is 1.70 bits per heavy atom. The third-order valence-electron chi connectivity index (χ3n) is 12.0. The molecular formula is C39H44N6O11S. The fraction of sp³-hybridized carbons (Fsp3) is 0.513. The number of nitrogens with zero attached hydrogens (tertiary/aromatic N) is 2. The second-order valence-corrected chi connectivity index (χ2v) is 17.2. The standard InChI is InChI=1S/C39H44N6O11S/c1-5-39(53)22-7-25-31-20(9-45(25)34(49)21(22)10-54-36(39)52)29(19-6-26-27(56-16-55-26)8-24(19)42-31)37-13-38(14-37,15-37)44-32(47)18(4)41-33(48)30(17(2)3)43-28(46)12-57-11-23(40)35(50)51/h6-8,17-18,23,30,53H,5,9-16,40H2,1-4H3,(H,41,48)(H,43,46)(H,44,47)(H,50,51)/t18-,23-,30-,37?,38?,39-/m0/s1. The van der Waals surface area contributed by atoms with Crippen LogP contribution in [0.15, 0.2) is 23.0 Å². The minimum Gasteiger partial charge on any atom is -0.480 e. The third kappa shape index (κ3) is 6.19. The van der Waals surface area contributed by atoms with Crippen molar-refractivity contribution in [1.82, 2.24) is 25.5 Å². The number of aliphatic hydroxyl groups is 1. The van der Waals surface area contributed by atoms with Crippen molar-refractivity contribution in [2.75, 3.05) is 18.3 Å². The van der Waals surface area contributed by atoms with Crippen LogP contribution in [0.3, 0.4) is 0 Å². The first kappa shape index (κ1) is 38.7. The molecule has 7 N–H and O–H groups in total. The fourth-order valence-corrected chi connectivity index (χ4v) is 9.88. The Morgan fingerprint density at radius 3 is 2.37 bits per heavy atom. The lowest BCUT2D eigenvalue weighted by Crippen LogP contribution is -2.77. The van der Waals surface area contributed by atoms with Crippen LogP contribution in [0.4, 0.5) is 0 Å². The van der Waals surface area contributed by atoms with Crippen molar-refractivity contribution in [2.45, 2.75) is 101 Å². The molecule has 3 saturated carbocycles. The van der Waals surface area contributed by atoms with Gasteiger partial charge in [-0.25, -0.2) is 9.78 Å². The number of hydrogen-bond donors (Lipinski definition) is 6. The summed E-state index contributed by atoms with van der Waals surface area (Å²) in [5.74, 6) is -2.55. The van der Waals surface area contributed by atoms with Gasteiger partial charge in [0.15, 0.2) is 17.1 Å². The van der Waals surface area contributed by atoms with Crippen molar-refractivity contribution in [3.8, 4) is 22.9 Å². The zero-order valence-electron chi connectivity index (χ0n) is 31.9. The second kappa shape index (κ2) is 13.7. The van der Waals surface area contributed by atoms with E-state index in [2.05, 4.69) is 16.0 Å². The first-order chi connectivity index (χ1) is 27.0. The van der Waals surface area contributed by atoms with Gasteiger partial charge in [-0.15, -0.1) is 11.8 Å². The number of amides is 3. The number of pyridine rings is 2. The number of carbonyl (C=O) groups is 5. The molecule has 0 saturated heterocycles. The largest absolute Gasteiger partial charge is 0.480 e. The Kier molecular flexibility index (Phi) is 9.31. The topological polar surface area (TPSA) is 250 Å². The number of thioether (sulfide) groups is 1. The maximum absolute atomic E-state index is 14.0. The number of aromatic nitrogens is 2. The van der Waals surface area contributed by atoms with Crippen molar-refractivity contribution in [3.05, 3.63) is 50.8 Å². The average molecular weight is 805 g/mol. The summed E-state index contributed by atoms with van der Waals surface area (Å²) >= 11 is 1.05. The number of fused-ring (bicyclic) bond motifs is 6. The number of nitrogens with one attached hydrogen (secondary N) is 3. The van der Waals surface area contributed by atoms with E-state index in [0.29, 0.717) is 47.7 Å². The maximum Gasteiger partial charge on any atom is 0.343 e. The van der Waals surface area contributed by atoms with Crippen LogP contribution < -0.4 is 36.7 Å². The van der Waals surface area contributed by atoms with Crippen LogP contribution in [-0.4, -0.2) is 91.4 Å². The lowest BCUT2D eigenvalue weighted by Gasteiger charge is -2.71. The molecule has 17 nitrogen and oxygen atoms in total. The Balaban J connectivity index is 1.01. The highest BCUT2D eigenvalue weighted by atomic mass is 32.2. The summed E-state index contributed by atoms with van der Waals surface area (Å²) in [6, 6.07) is 2.46. The lowest BCUT2D eigenvalue weighted by molar-refractivity contribution is -0.172. The number of aliphatic carboxylic acids is 1. The Hall–Kier alpha value is -5.20.